The molecule has 3 saturated heterocycles. The van der Waals surface area contributed by atoms with Crippen LogP contribution in [0.2, 0.25) is 0 Å². The summed E-state index contributed by atoms with van der Waals surface area (Å²) in [5.41, 5.74) is 11.5. The molecule has 216 valence electrons. The summed E-state index contributed by atoms with van der Waals surface area (Å²) in [6, 6.07) is 2.17. The van der Waals surface area contributed by atoms with E-state index in [-0.39, 0.29) is 21.2 Å². The van der Waals surface area contributed by atoms with E-state index >= 15 is 0 Å². The SMILES string of the molecule is Cc1cc(N)c(C=N)c2c1I1CC13CC(=O)CC(C)(C)N3c1nn(C3CCN(C(=O)OC(C)(C)C)CC3)c(C)c1-2. The molecular formula is C30H41IN6O3. The molecule has 5 heterocycles. The van der Waals surface area contributed by atoms with Crippen LogP contribution in [0.5, 0.6) is 0 Å². The van der Waals surface area contributed by atoms with Crippen molar-refractivity contribution in [2.24, 2.45) is 0 Å². The monoisotopic (exact) mass is 660 g/mol. The van der Waals surface area contributed by atoms with Crippen LogP contribution in [-0.2, 0) is 9.53 Å². The van der Waals surface area contributed by atoms with Gasteiger partial charge in [0.1, 0.15) is 0 Å². The fourth-order valence-electron chi connectivity index (χ4n) is 7.19. The average molecular weight is 661 g/mol. The van der Waals surface area contributed by atoms with Gasteiger partial charge in [-0.05, 0) is 20.8 Å². The first-order chi connectivity index (χ1) is 18.7. The molecule has 1 amide bonds. The molecule has 1 aromatic heterocycles. The summed E-state index contributed by atoms with van der Waals surface area (Å²) < 4.78 is 10.1. The zero-order valence-corrected chi connectivity index (χ0v) is 26.8. The number of nitrogens with two attached hydrogens (primary N) is 1. The van der Waals surface area contributed by atoms with Gasteiger partial charge in [0.2, 0.25) is 0 Å². The van der Waals surface area contributed by atoms with E-state index in [1.807, 2.05) is 26.8 Å². The third-order valence-electron chi connectivity index (χ3n) is 8.73. The maximum atomic E-state index is 13.1. The number of hydrogen-bond acceptors (Lipinski definition) is 7. The molecule has 0 saturated carbocycles. The second kappa shape index (κ2) is 8.93. The van der Waals surface area contributed by atoms with Gasteiger partial charge in [-0.25, -0.2) is 0 Å². The summed E-state index contributed by atoms with van der Waals surface area (Å²) in [5, 5.41) is 13.7. The van der Waals surface area contributed by atoms with Crippen molar-refractivity contribution in [3.8, 4) is 11.1 Å². The van der Waals surface area contributed by atoms with Gasteiger partial charge in [0.05, 0.1) is 0 Å². The number of hydrogen-bond donors (Lipinski definition) is 2. The summed E-state index contributed by atoms with van der Waals surface area (Å²) >= 11 is -1.80. The number of anilines is 2. The Bertz CT molecular complexity index is 1450. The number of ketones is 1. The van der Waals surface area contributed by atoms with Crippen molar-refractivity contribution in [3.63, 3.8) is 0 Å². The van der Waals surface area contributed by atoms with Crippen LogP contribution in [0.3, 0.4) is 0 Å². The Kier molecular flexibility index (Phi) is 6.15. The number of nitrogen functional groups attached to an aromatic ring is 1. The van der Waals surface area contributed by atoms with Crippen LogP contribution >= 0.6 is 19.8 Å². The van der Waals surface area contributed by atoms with E-state index in [1.165, 1.54) is 15.3 Å². The van der Waals surface area contributed by atoms with Crippen LogP contribution in [-0.4, -0.2) is 65.0 Å². The van der Waals surface area contributed by atoms with E-state index in [0.717, 1.165) is 45.5 Å². The molecule has 4 aliphatic heterocycles. The van der Waals surface area contributed by atoms with Crippen LogP contribution < -0.4 is 10.6 Å². The number of fused-ring (bicyclic) bond motifs is 5. The van der Waals surface area contributed by atoms with E-state index in [1.54, 1.807) is 4.90 Å². The minimum atomic E-state index is -1.80. The molecule has 0 aliphatic carbocycles. The van der Waals surface area contributed by atoms with E-state index in [9.17, 15) is 9.59 Å². The molecule has 3 fully saturated rings. The van der Waals surface area contributed by atoms with Gasteiger partial charge in [-0.2, -0.15) is 0 Å². The van der Waals surface area contributed by atoms with Gasteiger partial charge in [0.15, 0.2) is 0 Å². The topological polar surface area (TPSA) is 118 Å². The molecule has 1 atom stereocenters. The predicted molar refractivity (Wildman–Crippen MR) is 167 cm³/mol. The van der Waals surface area contributed by atoms with Gasteiger partial charge in [-0.3, -0.25) is 0 Å². The average Bonchev–Trinajstić information content (AvgIpc) is 3.42. The standard InChI is InChI=1S/C30H41IN6O3/c1-17-12-22(33)21(15-32)24-23-18(2)36(19-8-10-35(11-9-19)27(39)40-28(3,4)5)34-26(23)37-29(6,7)13-20(38)14-30(37)16-31(30)25(17)24/h12,15,19,32H,8-11,13-14,16,33H2,1-7H3. The minimum absolute atomic E-state index is 0.138. The Morgan fingerprint density at radius 2 is 1.88 bits per heavy atom. The summed E-state index contributed by atoms with van der Waals surface area (Å²) in [6.07, 6.45) is 3.80. The number of benzene rings is 1. The molecule has 1 aromatic carbocycles. The fraction of sp³-hybridized carbons (Fsp3) is 0.600. The molecule has 6 rings (SSSR count). The molecule has 0 bridgehead atoms. The number of ether oxygens (including phenoxy) is 1. The van der Waals surface area contributed by atoms with E-state index in [4.69, 9.17) is 21.0 Å². The van der Waals surface area contributed by atoms with Crippen molar-refractivity contribution in [1.82, 2.24) is 14.7 Å². The van der Waals surface area contributed by atoms with Gasteiger partial charge in [0, 0.05) is 0 Å². The second-order valence-electron chi connectivity index (χ2n) is 13.4. The van der Waals surface area contributed by atoms with Gasteiger partial charge in [-0.1, -0.05) is 0 Å². The Balaban J connectivity index is 1.48. The maximum absolute atomic E-state index is 13.1. The Morgan fingerprint density at radius 3 is 2.50 bits per heavy atom. The fourth-order valence-corrected chi connectivity index (χ4v) is 15.9. The molecule has 10 heteroatoms. The number of alkyl halides is 2. The first-order valence-corrected chi connectivity index (χ1v) is 17.9. The van der Waals surface area contributed by atoms with Crippen molar-refractivity contribution in [3.05, 3.63) is 26.5 Å². The Labute approximate surface area is 243 Å². The van der Waals surface area contributed by atoms with Crippen molar-refractivity contribution in [1.29, 1.82) is 5.41 Å². The quantitative estimate of drug-likeness (QED) is 0.141. The number of carbonyl (C=O) groups is 2. The molecule has 1 spiro atoms. The third kappa shape index (κ3) is 4.07. The number of carbonyl (C=O) groups excluding carboxylic acids is 2. The molecular weight excluding hydrogens is 619 g/mol. The number of piperidine rings is 2. The van der Waals surface area contributed by atoms with Gasteiger partial charge < -0.3 is 0 Å². The number of halogens is 1. The van der Waals surface area contributed by atoms with E-state index in [2.05, 4.69) is 37.3 Å². The molecule has 4 aliphatic rings. The van der Waals surface area contributed by atoms with Crippen molar-refractivity contribution in [2.45, 2.75) is 94.9 Å². The normalized spacial score (nSPS) is 24.5. The van der Waals surface area contributed by atoms with Crippen molar-refractivity contribution in [2.75, 3.05) is 28.2 Å². The molecule has 9 nitrogen and oxygen atoms in total. The Morgan fingerprint density at radius 1 is 1.20 bits per heavy atom. The van der Waals surface area contributed by atoms with Gasteiger partial charge in [0.25, 0.3) is 0 Å². The van der Waals surface area contributed by atoms with E-state index < -0.39 is 25.4 Å². The number of nitrogens with one attached hydrogen (secondary N) is 1. The number of Topliss-reactive ketones (excluding diaryl/α,β-unsaturated/α-hetero) is 1. The predicted octanol–water partition coefficient (Wildman–Crippen LogP) is 5.67. The summed E-state index contributed by atoms with van der Waals surface area (Å²) in [5.74, 6) is 1.29. The first kappa shape index (κ1) is 27.5. The van der Waals surface area contributed by atoms with Crippen LogP contribution in [0.25, 0.3) is 11.1 Å². The van der Waals surface area contributed by atoms with Crippen LogP contribution in [0.4, 0.5) is 16.3 Å². The van der Waals surface area contributed by atoms with Gasteiger partial charge >= 0.3 is 224 Å². The molecule has 3 N–H and O–H groups in total. The number of aryl methyl sites for hydroxylation is 1. The number of amides is 1. The van der Waals surface area contributed by atoms with Crippen molar-refractivity contribution >= 4 is 49.4 Å². The zero-order valence-electron chi connectivity index (χ0n) is 24.7. The van der Waals surface area contributed by atoms with Crippen LogP contribution in [0.1, 0.15) is 83.2 Å². The number of rotatable bonds is 2. The summed E-state index contributed by atoms with van der Waals surface area (Å²) in [4.78, 5) is 30.2. The first-order valence-electron chi connectivity index (χ1n) is 14.2. The number of aromatic nitrogens is 2. The Hall–Kier alpha value is -2.63. The summed E-state index contributed by atoms with van der Waals surface area (Å²) in [7, 11) is 0. The molecule has 40 heavy (non-hydrogen) atoms. The zero-order chi connectivity index (χ0) is 28.9. The van der Waals surface area contributed by atoms with Gasteiger partial charge in [-0.15, -0.1) is 0 Å². The van der Waals surface area contributed by atoms with Crippen LogP contribution in [0.15, 0.2) is 6.07 Å². The third-order valence-corrected chi connectivity index (χ3v) is 16.2. The van der Waals surface area contributed by atoms with E-state index in [0.29, 0.717) is 37.4 Å². The number of nitrogens with zero attached hydrogens (tertiary/aromatic N) is 4. The number of likely N-dealkylation sites (tertiary alicyclic amines) is 1. The molecule has 1 unspecified atom stereocenters. The van der Waals surface area contributed by atoms with Crippen molar-refractivity contribution < 1.29 is 14.3 Å². The summed E-state index contributed by atoms with van der Waals surface area (Å²) in [6.45, 7) is 15.5. The molecule has 2 aromatic rings. The van der Waals surface area contributed by atoms with Crippen LogP contribution in [0, 0.1) is 22.8 Å². The molecule has 0 radical (unpaired) electrons. The second-order valence-corrected chi connectivity index (χ2v) is 19.3.